The molecular formula is C16H27BrS. The van der Waals surface area contributed by atoms with Gasteiger partial charge in [-0.1, -0.05) is 86.7 Å². The van der Waals surface area contributed by atoms with E-state index >= 15 is 0 Å². The zero-order chi connectivity index (χ0) is 13.1. The topological polar surface area (TPSA) is 0 Å². The van der Waals surface area contributed by atoms with Gasteiger partial charge < -0.3 is 0 Å². The largest absolute Gasteiger partial charge is 0.148 e. The molecule has 0 aliphatic heterocycles. The summed E-state index contributed by atoms with van der Waals surface area (Å²) in [6.07, 6.45) is 14.0. The summed E-state index contributed by atoms with van der Waals surface area (Å²) in [6, 6.07) is 4.38. The lowest BCUT2D eigenvalue weighted by atomic mass is 10.1. The van der Waals surface area contributed by atoms with Crippen LogP contribution in [0.15, 0.2) is 17.5 Å². The monoisotopic (exact) mass is 330 g/mol. The van der Waals surface area contributed by atoms with Crippen molar-refractivity contribution in [2.24, 2.45) is 0 Å². The highest BCUT2D eigenvalue weighted by Gasteiger charge is 2.07. The van der Waals surface area contributed by atoms with Crippen molar-refractivity contribution in [1.82, 2.24) is 0 Å². The van der Waals surface area contributed by atoms with Gasteiger partial charge in [0.25, 0.3) is 0 Å². The molecule has 1 aromatic heterocycles. The maximum Gasteiger partial charge on any atom is 0.0489 e. The van der Waals surface area contributed by atoms with Gasteiger partial charge in [0, 0.05) is 9.70 Å². The molecule has 0 N–H and O–H groups in total. The van der Waals surface area contributed by atoms with Crippen molar-refractivity contribution in [2.45, 2.75) is 76.0 Å². The van der Waals surface area contributed by atoms with Crippen LogP contribution in [0.4, 0.5) is 0 Å². The molecule has 1 atom stereocenters. The molecule has 1 aromatic rings. The SMILES string of the molecule is CCCCCCCCCCCC(Br)c1cccs1. The van der Waals surface area contributed by atoms with Crippen molar-refractivity contribution in [3.63, 3.8) is 0 Å². The van der Waals surface area contributed by atoms with Gasteiger partial charge in [0.1, 0.15) is 0 Å². The van der Waals surface area contributed by atoms with Crippen LogP contribution < -0.4 is 0 Å². The second kappa shape index (κ2) is 11.0. The van der Waals surface area contributed by atoms with Gasteiger partial charge in [-0.05, 0) is 17.9 Å². The smallest absolute Gasteiger partial charge is 0.0489 e. The van der Waals surface area contributed by atoms with Crippen LogP contribution in [-0.2, 0) is 0 Å². The predicted octanol–water partition coefficient (Wildman–Crippen LogP) is 7.11. The molecule has 1 rings (SSSR count). The molecule has 0 saturated heterocycles. The first-order valence-corrected chi connectivity index (χ1v) is 9.31. The quantitative estimate of drug-likeness (QED) is 0.299. The molecule has 0 bridgehead atoms. The van der Waals surface area contributed by atoms with E-state index in [2.05, 4.69) is 40.4 Å². The van der Waals surface area contributed by atoms with E-state index in [0.29, 0.717) is 4.83 Å². The number of alkyl halides is 1. The van der Waals surface area contributed by atoms with Crippen molar-refractivity contribution in [3.8, 4) is 0 Å². The second-order valence-electron chi connectivity index (χ2n) is 5.10. The first kappa shape index (κ1) is 16.2. The fraction of sp³-hybridized carbons (Fsp3) is 0.750. The minimum Gasteiger partial charge on any atom is -0.148 e. The maximum atomic E-state index is 3.79. The van der Waals surface area contributed by atoms with E-state index < -0.39 is 0 Å². The molecule has 1 unspecified atom stereocenters. The van der Waals surface area contributed by atoms with E-state index in [-0.39, 0.29) is 0 Å². The van der Waals surface area contributed by atoms with E-state index in [1.54, 1.807) is 0 Å². The fourth-order valence-corrected chi connectivity index (χ4v) is 3.78. The highest BCUT2D eigenvalue weighted by atomic mass is 79.9. The molecule has 0 saturated carbocycles. The lowest BCUT2D eigenvalue weighted by molar-refractivity contribution is 0.556. The Kier molecular flexibility index (Phi) is 9.96. The molecule has 0 aliphatic carbocycles. The Hall–Kier alpha value is 0.180. The molecule has 0 aliphatic rings. The average molecular weight is 331 g/mol. The van der Waals surface area contributed by atoms with Gasteiger partial charge in [-0.3, -0.25) is 0 Å². The van der Waals surface area contributed by atoms with Crippen LogP contribution in [0, 0.1) is 0 Å². The van der Waals surface area contributed by atoms with Gasteiger partial charge in [0.05, 0.1) is 0 Å². The predicted molar refractivity (Wildman–Crippen MR) is 87.8 cm³/mol. The van der Waals surface area contributed by atoms with E-state index in [0.717, 1.165) is 0 Å². The molecule has 0 radical (unpaired) electrons. The Morgan fingerprint density at radius 2 is 1.61 bits per heavy atom. The summed E-state index contributed by atoms with van der Waals surface area (Å²) in [7, 11) is 0. The number of thiophene rings is 1. The number of hydrogen-bond donors (Lipinski definition) is 0. The Balaban J connectivity index is 1.87. The standard InChI is InChI=1S/C16H27BrS/c1-2-3-4-5-6-7-8-9-10-12-15(17)16-13-11-14-18-16/h11,13-15H,2-10,12H2,1H3. The highest BCUT2D eigenvalue weighted by Crippen LogP contribution is 2.31. The first-order valence-electron chi connectivity index (χ1n) is 7.52. The first-order chi connectivity index (χ1) is 8.84. The third-order valence-electron chi connectivity index (χ3n) is 3.41. The van der Waals surface area contributed by atoms with Gasteiger partial charge in [-0.15, -0.1) is 11.3 Å². The number of rotatable bonds is 11. The number of hydrogen-bond acceptors (Lipinski definition) is 1. The van der Waals surface area contributed by atoms with Crippen molar-refractivity contribution >= 4 is 27.3 Å². The lowest BCUT2D eigenvalue weighted by Crippen LogP contribution is -1.87. The summed E-state index contributed by atoms with van der Waals surface area (Å²) in [5, 5.41) is 2.17. The molecule has 104 valence electrons. The summed E-state index contributed by atoms with van der Waals surface area (Å²) < 4.78 is 0. The Morgan fingerprint density at radius 1 is 1.00 bits per heavy atom. The van der Waals surface area contributed by atoms with Gasteiger partial charge in [-0.25, -0.2) is 0 Å². The van der Waals surface area contributed by atoms with Crippen molar-refractivity contribution in [2.75, 3.05) is 0 Å². The lowest BCUT2D eigenvalue weighted by Gasteiger charge is -2.07. The van der Waals surface area contributed by atoms with Gasteiger partial charge in [-0.2, -0.15) is 0 Å². The van der Waals surface area contributed by atoms with Crippen LogP contribution in [0.25, 0.3) is 0 Å². The summed E-state index contributed by atoms with van der Waals surface area (Å²) >= 11 is 5.65. The highest BCUT2D eigenvalue weighted by molar-refractivity contribution is 9.09. The minimum absolute atomic E-state index is 0.585. The Morgan fingerprint density at radius 3 is 2.17 bits per heavy atom. The zero-order valence-electron chi connectivity index (χ0n) is 11.7. The second-order valence-corrected chi connectivity index (χ2v) is 7.18. The van der Waals surface area contributed by atoms with E-state index in [1.165, 1.54) is 69.1 Å². The maximum absolute atomic E-state index is 3.79. The summed E-state index contributed by atoms with van der Waals surface area (Å²) in [6.45, 7) is 2.28. The minimum atomic E-state index is 0.585. The van der Waals surface area contributed by atoms with E-state index in [9.17, 15) is 0 Å². The van der Waals surface area contributed by atoms with E-state index in [1.807, 2.05) is 11.3 Å². The van der Waals surface area contributed by atoms with Crippen LogP contribution in [-0.4, -0.2) is 0 Å². The molecule has 0 spiro atoms. The number of unbranched alkanes of at least 4 members (excludes halogenated alkanes) is 8. The van der Waals surface area contributed by atoms with Crippen molar-refractivity contribution in [1.29, 1.82) is 0 Å². The summed E-state index contributed by atoms with van der Waals surface area (Å²) in [5.41, 5.74) is 0. The molecule has 0 fully saturated rings. The molecule has 0 nitrogen and oxygen atoms in total. The third kappa shape index (κ3) is 7.58. The molecule has 2 heteroatoms. The van der Waals surface area contributed by atoms with Crippen LogP contribution in [0.2, 0.25) is 0 Å². The van der Waals surface area contributed by atoms with Crippen LogP contribution in [0.1, 0.15) is 80.8 Å². The van der Waals surface area contributed by atoms with Crippen molar-refractivity contribution in [3.05, 3.63) is 22.4 Å². The van der Waals surface area contributed by atoms with Crippen LogP contribution >= 0.6 is 27.3 Å². The zero-order valence-corrected chi connectivity index (χ0v) is 14.1. The molecule has 1 heterocycles. The number of halogens is 1. The normalized spacial score (nSPS) is 12.8. The van der Waals surface area contributed by atoms with Gasteiger partial charge in [0.15, 0.2) is 0 Å². The summed E-state index contributed by atoms with van der Waals surface area (Å²) in [5.74, 6) is 0. The van der Waals surface area contributed by atoms with Gasteiger partial charge in [0.2, 0.25) is 0 Å². The third-order valence-corrected chi connectivity index (χ3v) is 5.65. The van der Waals surface area contributed by atoms with E-state index in [4.69, 9.17) is 0 Å². The van der Waals surface area contributed by atoms with Gasteiger partial charge >= 0.3 is 0 Å². The molecule has 0 amide bonds. The van der Waals surface area contributed by atoms with Crippen molar-refractivity contribution < 1.29 is 0 Å². The van der Waals surface area contributed by atoms with Crippen LogP contribution in [0.3, 0.4) is 0 Å². The molecular weight excluding hydrogens is 304 g/mol. The Labute approximate surface area is 125 Å². The summed E-state index contributed by atoms with van der Waals surface area (Å²) in [4.78, 5) is 2.07. The van der Waals surface area contributed by atoms with Crippen LogP contribution in [0.5, 0.6) is 0 Å². The molecule has 18 heavy (non-hydrogen) atoms. The fourth-order valence-electron chi connectivity index (χ4n) is 2.25. The Bertz CT molecular complexity index is 269. The molecule has 0 aromatic carbocycles. The average Bonchev–Trinajstić information content (AvgIpc) is 2.90.